The van der Waals surface area contributed by atoms with Gasteiger partial charge in [0.05, 0.1) is 0 Å². The van der Waals surface area contributed by atoms with Crippen LogP contribution >= 0.6 is 0 Å². The first-order valence-electron chi connectivity index (χ1n) is 3.74. The normalized spacial score (nSPS) is 14.1. The molecule has 10 heavy (non-hydrogen) atoms. The van der Waals surface area contributed by atoms with E-state index in [4.69, 9.17) is 5.73 Å². The fraction of sp³-hybridized carbons (Fsp3) is 1.00. The van der Waals surface area contributed by atoms with Crippen LogP contribution in [0, 0.1) is 5.41 Å². The highest BCUT2D eigenvalue weighted by Crippen LogP contribution is 2.20. The lowest BCUT2D eigenvalue weighted by Crippen LogP contribution is -2.34. The minimum Gasteiger partial charge on any atom is -0.327 e. The third-order valence-electron chi connectivity index (χ3n) is 1.71. The zero-order valence-electron chi connectivity index (χ0n) is 7.48. The number of hydrogen-bond donors (Lipinski definition) is 1. The van der Waals surface area contributed by atoms with Gasteiger partial charge < -0.3 is 5.73 Å². The Morgan fingerprint density at radius 1 is 1.30 bits per heavy atom. The van der Waals surface area contributed by atoms with Gasteiger partial charge in [-0.1, -0.05) is 34.1 Å². The molecule has 0 fully saturated rings. The van der Waals surface area contributed by atoms with Crippen molar-refractivity contribution < 1.29 is 4.70 Å². The average molecular weight is 149 g/mol. The Hall–Kier alpha value is -0.110. The van der Waals surface area contributed by atoms with Crippen molar-refractivity contribution in [2.24, 2.45) is 11.1 Å². The second kappa shape index (κ2) is 4.67. The standard InChI is InChI=1S/C8H19N.FH/c1-5-6-7(9)8(2,3)4;/h7H,5-6,9H2,1-4H3;1H. The van der Waals surface area contributed by atoms with E-state index in [9.17, 15) is 0 Å². The molecule has 2 N–H and O–H groups in total. The van der Waals surface area contributed by atoms with E-state index < -0.39 is 0 Å². The lowest BCUT2D eigenvalue weighted by Gasteiger charge is -2.26. The Labute approximate surface area is 63.4 Å². The predicted molar refractivity (Wildman–Crippen MR) is 44.8 cm³/mol. The van der Waals surface area contributed by atoms with Crippen molar-refractivity contribution >= 4 is 0 Å². The topological polar surface area (TPSA) is 26.0 Å². The summed E-state index contributed by atoms with van der Waals surface area (Å²) in [5.41, 5.74) is 6.15. The molecule has 1 atom stereocenters. The van der Waals surface area contributed by atoms with Gasteiger partial charge in [-0.05, 0) is 11.8 Å². The van der Waals surface area contributed by atoms with Gasteiger partial charge in [-0.25, -0.2) is 0 Å². The van der Waals surface area contributed by atoms with Gasteiger partial charge in [-0.2, -0.15) is 0 Å². The summed E-state index contributed by atoms with van der Waals surface area (Å²) < 4.78 is 0. The third-order valence-corrected chi connectivity index (χ3v) is 1.71. The highest BCUT2D eigenvalue weighted by atomic mass is 19.0. The van der Waals surface area contributed by atoms with E-state index in [0.29, 0.717) is 6.04 Å². The fourth-order valence-electron chi connectivity index (χ4n) is 0.744. The van der Waals surface area contributed by atoms with Gasteiger partial charge in [0.2, 0.25) is 0 Å². The second-order valence-electron chi connectivity index (χ2n) is 3.76. The lowest BCUT2D eigenvalue weighted by molar-refractivity contribution is 0.304. The second-order valence-corrected chi connectivity index (χ2v) is 3.76. The molecule has 64 valence electrons. The number of rotatable bonds is 2. The summed E-state index contributed by atoms with van der Waals surface area (Å²) in [5.74, 6) is 0. The Morgan fingerprint density at radius 3 is 1.80 bits per heavy atom. The van der Waals surface area contributed by atoms with Crippen molar-refractivity contribution in [3.63, 3.8) is 0 Å². The van der Waals surface area contributed by atoms with Crippen LogP contribution in [0.25, 0.3) is 0 Å². The van der Waals surface area contributed by atoms with Crippen LogP contribution in [0.2, 0.25) is 0 Å². The molecule has 1 unspecified atom stereocenters. The largest absolute Gasteiger partial charge is 0.327 e. The molecule has 0 amide bonds. The Balaban J connectivity index is 0. The first kappa shape index (κ1) is 12.6. The molecule has 0 aliphatic heterocycles. The van der Waals surface area contributed by atoms with Crippen LogP contribution in [-0.4, -0.2) is 6.04 Å². The zero-order chi connectivity index (χ0) is 7.49. The number of nitrogens with two attached hydrogens (primary N) is 1. The first-order valence-corrected chi connectivity index (χ1v) is 3.74. The Bertz CT molecular complexity index is 75.8. The van der Waals surface area contributed by atoms with Crippen molar-refractivity contribution in [3.05, 3.63) is 0 Å². The molecule has 0 rings (SSSR count). The van der Waals surface area contributed by atoms with Crippen molar-refractivity contribution in [3.8, 4) is 0 Å². The van der Waals surface area contributed by atoms with E-state index in [0.717, 1.165) is 6.42 Å². The molecule has 1 nitrogen and oxygen atoms in total. The van der Waals surface area contributed by atoms with Gasteiger partial charge in [0.25, 0.3) is 0 Å². The SMILES string of the molecule is CCCC(N)C(C)(C)C.F. The molecular formula is C8H20FN. The van der Waals surface area contributed by atoms with Gasteiger partial charge in [0.15, 0.2) is 0 Å². The van der Waals surface area contributed by atoms with E-state index in [1.54, 1.807) is 0 Å². The summed E-state index contributed by atoms with van der Waals surface area (Å²) in [6.07, 6.45) is 2.34. The molecule has 0 bridgehead atoms. The molecule has 0 spiro atoms. The molecule has 0 aliphatic carbocycles. The van der Waals surface area contributed by atoms with Gasteiger partial charge in [0.1, 0.15) is 0 Å². The predicted octanol–water partition coefficient (Wildman–Crippen LogP) is 2.31. The molecule has 0 aliphatic rings. The third kappa shape index (κ3) is 4.74. The monoisotopic (exact) mass is 149 g/mol. The molecule has 0 saturated heterocycles. The van der Waals surface area contributed by atoms with E-state index in [2.05, 4.69) is 27.7 Å². The van der Waals surface area contributed by atoms with Crippen LogP contribution in [0.3, 0.4) is 0 Å². The molecule has 0 radical (unpaired) electrons. The van der Waals surface area contributed by atoms with Gasteiger partial charge in [0, 0.05) is 6.04 Å². The maximum atomic E-state index is 5.86. The van der Waals surface area contributed by atoms with Crippen LogP contribution in [0.15, 0.2) is 0 Å². The minimum absolute atomic E-state index is 0. The summed E-state index contributed by atoms with van der Waals surface area (Å²) >= 11 is 0. The molecule has 0 heterocycles. The Morgan fingerprint density at radius 2 is 1.70 bits per heavy atom. The minimum atomic E-state index is 0. The summed E-state index contributed by atoms with van der Waals surface area (Å²) in [5, 5.41) is 0. The maximum absolute atomic E-state index is 5.86. The van der Waals surface area contributed by atoms with Crippen molar-refractivity contribution in [2.75, 3.05) is 0 Å². The van der Waals surface area contributed by atoms with E-state index in [1.165, 1.54) is 6.42 Å². The average Bonchev–Trinajstić information content (AvgIpc) is 1.64. The number of hydrogen-bond acceptors (Lipinski definition) is 1. The molecule has 0 saturated carbocycles. The van der Waals surface area contributed by atoms with Crippen LogP contribution < -0.4 is 5.73 Å². The lowest BCUT2D eigenvalue weighted by atomic mass is 9.85. The van der Waals surface area contributed by atoms with E-state index >= 15 is 0 Å². The highest BCUT2D eigenvalue weighted by Gasteiger charge is 2.18. The highest BCUT2D eigenvalue weighted by molar-refractivity contribution is 4.75. The molecule has 0 aromatic carbocycles. The first-order chi connectivity index (χ1) is 3.98. The van der Waals surface area contributed by atoms with E-state index in [1.807, 2.05) is 0 Å². The van der Waals surface area contributed by atoms with Crippen molar-refractivity contribution in [1.82, 2.24) is 0 Å². The van der Waals surface area contributed by atoms with Gasteiger partial charge in [-0.15, -0.1) is 0 Å². The summed E-state index contributed by atoms with van der Waals surface area (Å²) in [6.45, 7) is 8.74. The van der Waals surface area contributed by atoms with Crippen molar-refractivity contribution in [1.29, 1.82) is 0 Å². The van der Waals surface area contributed by atoms with Crippen LogP contribution in [0.5, 0.6) is 0 Å². The van der Waals surface area contributed by atoms with E-state index in [-0.39, 0.29) is 10.1 Å². The molecule has 0 aromatic heterocycles. The smallest absolute Gasteiger partial charge is 0.00875 e. The summed E-state index contributed by atoms with van der Waals surface area (Å²) in [7, 11) is 0. The van der Waals surface area contributed by atoms with Crippen LogP contribution in [0.4, 0.5) is 4.70 Å². The summed E-state index contributed by atoms with van der Waals surface area (Å²) in [6, 6.07) is 0.363. The van der Waals surface area contributed by atoms with Crippen LogP contribution in [0.1, 0.15) is 40.5 Å². The van der Waals surface area contributed by atoms with Gasteiger partial charge in [-0.3, -0.25) is 4.70 Å². The zero-order valence-corrected chi connectivity index (χ0v) is 7.48. The molecular weight excluding hydrogens is 129 g/mol. The fourth-order valence-corrected chi connectivity index (χ4v) is 0.744. The molecule has 0 aromatic rings. The number of halogens is 1. The Kier molecular flexibility index (Phi) is 5.86. The molecule has 2 heteroatoms. The van der Waals surface area contributed by atoms with Gasteiger partial charge >= 0.3 is 0 Å². The quantitative estimate of drug-likeness (QED) is 0.640. The summed E-state index contributed by atoms with van der Waals surface area (Å²) in [4.78, 5) is 0. The van der Waals surface area contributed by atoms with Crippen LogP contribution in [-0.2, 0) is 0 Å². The van der Waals surface area contributed by atoms with Crippen molar-refractivity contribution in [2.45, 2.75) is 46.6 Å². The maximum Gasteiger partial charge on any atom is 0.00875 e.